The standard InChI is InChI=1S/C14H18N2O3/c17-13(10-11-4-2-1-3-5-11)16-8-6-12(7-9-16)14(18)15-19/h1-5,12,19H,6-10H2,(H,15,18). The van der Waals surface area contributed by atoms with Crippen molar-refractivity contribution in [3.05, 3.63) is 35.9 Å². The lowest BCUT2D eigenvalue weighted by Crippen LogP contribution is -2.43. The van der Waals surface area contributed by atoms with Gasteiger partial charge in [-0.1, -0.05) is 30.3 Å². The summed E-state index contributed by atoms with van der Waals surface area (Å²) in [5.74, 6) is -0.449. The maximum Gasteiger partial charge on any atom is 0.246 e. The maximum atomic E-state index is 12.1. The summed E-state index contributed by atoms with van der Waals surface area (Å²) >= 11 is 0. The van der Waals surface area contributed by atoms with Gasteiger partial charge in [0.25, 0.3) is 0 Å². The number of piperidine rings is 1. The number of rotatable bonds is 3. The van der Waals surface area contributed by atoms with Crippen molar-refractivity contribution >= 4 is 11.8 Å². The molecule has 0 spiro atoms. The van der Waals surface area contributed by atoms with Crippen molar-refractivity contribution in [3.63, 3.8) is 0 Å². The number of nitrogens with zero attached hydrogens (tertiary/aromatic N) is 1. The van der Waals surface area contributed by atoms with Crippen molar-refractivity contribution < 1.29 is 14.8 Å². The lowest BCUT2D eigenvalue weighted by atomic mass is 9.96. The zero-order valence-electron chi connectivity index (χ0n) is 10.7. The second-order valence-electron chi connectivity index (χ2n) is 4.79. The van der Waals surface area contributed by atoms with Crippen LogP contribution in [0.3, 0.4) is 0 Å². The number of likely N-dealkylation sites (tertiary alicyclic amines) is 1. The molecule has 0 aliphatic carbocycles. The molecule has 1 saturated heterocycles. The summed E-state index contributed by atoms with van der Waals surface area (Å²) < 4.78 is 0. The van der Waals surface area contributed by atoms with Gasteiger partial charge in [-0.05, 0) is 18.4 Å². The van der Waals surface area contributed by atoms with Crippen LogP contribution in [0.1, 0.15) is 18.4 Å². The third-order valence-corrected chi connectivity index (χ3v) is 3.53. The van der Waals surface area contributed by atoms with Crippen LogP contribution in [-0.4, -0.2) is 35.0 Å². The molecule has 1 aliphatic heterocycles. The minimum absolute atomic E-state index is 0.0917. The summed E-state index contributed by atoms with van der Waals surface area (Å²) in [6.07, 6.45) is 1.61. The van der Waals surface area contributed by atoms with Gasteiger partial charge in [0.15, 0.2) is 0 Å². The van der Waals surface area contributed by atoms with Gasteiger partial charge < -0.3 is 4.90 Å². The summed E-state index contributed by atoms with van der Waals surface area (Å²) in [6.45, 7) is 1.15. The number of hydrogen-bond donors (Lipinski definition) is 2. The van der Waals surface area contributed by atoms with Crippen LogP contribution in [0.4, 0.5) is 0 Å². The number of amides is 2. The maximum absolute atomic E-state index is 12.1. The largest absolute Gasteiger partial charge is 0.342 e. The highest BCUT2D eigenvalue weighted by atomic mass is 16.5. The molecule has 1 aliphatic rings. The predicted octanol–water partition coefficient (Wildman–Crippen LogP) is 0.973. The molecule has 0 bridgehead atoms. The van der Waals surface area contributed by atoms with E-state index < -0.39 is 0 Å². The molecular weight excluding hydrogens is 244 g/mol. The summed E-state index contributed by atoms with van der Waals surface area (Å²) in [5.41, 5.74) is 2.68. The van der Waals surface area contributed by atoms with Crippen LogP contribution < -0.4 is 5.48 Å². The van der Waals surface area contributed by atoms with Crippen LogP contribution >= 0.6 is 0 Å². The van der Waals surface area contributed by atoms with E-state index in [1.165, 1.54) is 0 Å². The Morgan fingerprint density at radius 1 is 1.21 bits per heavy atom. The number of carbonyl (C=O) groups is 2. The molecule has 5 heteroatoms. The summed E-state index contributed by atoms with van der Waals surface area (Å²) in [7, 11) is 0. The zero-order chi connectivity index (χ0) is 13.7. The van der Waals surface area contributed by atoms with Gasteiger partial charge in [0.1, 0.15) is 0 Å². The van der Waals surface area contributed by atoms with E-state index in [4.69, 9.17) is 5.21 Å². The van der Waals surface area contributed by atoms with Gasteiger partial charge in [0, 0.05) is 19.0 Å². The van der Waals surface area contributed by atoms with Crippen molar-refractivity contribution in [2.45, 2.75) is 19.3 Å². The van der Waals surface area contributed by atoms with E-state index in [9.17, 15) is 9.59 Å². The van der Waals surface area contributed by atoms with Gasteiger partial charge in [0.05, 0.1) is 6.42 Å². The average Bonchev–Trinajstić information content (AvgIpc) is 2.47. The number of hydroxylamine groups is 1. The SMILES string of the molecule is O=C(NO)C1CCN(C(=O)Cc2ccccc2)CC1. The number of nitrogens with one attached hydrogen (secondary N) is 1. The van der Waals surface area contributed by atoms with E-state index in [0.29, 0.717) is 32.4 Å². The van der Waals surface area contributed by atoms with Crippen LogP contribution in [-0.2, 0) is 16.0 Å². The smallest absolute Gasteiger partial charge is 0.246 e. The van der Waals surface area contributed by atoms with Crippen molar-refractivity contribution in [2.24, 2.45) is 5.92 Å². The lowest BCUT2D eigenvalue weighted by molar-refractivity contribution is -0.138. The monoisotopic (exact) mass is 262 g/mol. The van der Waals surface area contributed by atoms with Crippen LogP contribution in [0.15, 0.2) is 30.3 Å². The molecule has 1 heterocycles. The fourth-order valence-electron chi connectivity index (χ4n) is 2.36. The van der Waals surface area contributed by atoms with E-state index in [-0.39, 0.29) is 17.7 Å². The van der Waals surface area contributed by atoms with Crippen LogP contribution in [0.2, 0.25) is 0 Å². The first-order valence-electron chi connectivity index (χ1n) is 6.46. The van der Waals surface area contributed by atoms with Crippen LogP contribution in [0.25, 0.3) is 0 Å². The normalized spacial score (nSPS) is 16.2. The third kappa shape index (κ3) is 3.54. The molecule has 1 fully saturated rings. The second kappa shape index (κ2) is 6.33. The van der Waals surface area contributed by atoms with Gasteiger partial charge in [0.2, 0.25) is 11.8 Å². The molecule has 2 rings (SSSR count). The Kier molecular flexibility index (Phi) is 4.52. The van der Waals surface area contributed by atoms with Crippen LogP contribution in [0.5, 0.6) is 0 Å². The average molecular weight is 262 g/mol. The molecule has 5 nitrogen and oxygen atoms in total. The topological polar surface area (TPSA) is 69.6 Å². The third-order valence-electron chi connectivity index (χ3n) is 3.53. The van der Waals surface area contributed by atoms with E-state index in [1.54, 1.807) is 10.4 Å². The first-order chi connectivity index (χ1) is 9.20. The molecule has 2 N–H and O–H groups in total. The van der Waals surface area contributed by atoms with Crippen LogP contribution in [0, 0.1) is 5.92 Å². The van der Waals surface area contributed by atoms with Gasteiger partial charge >= 0.3 is 0 Å². The highest BCUT2D eigenvalue weighted by molar-refractivity contribution is 5.80. The first kappa shape index (κ1) is 13.5. The van der Waals surface area contributed by atoms with Crippen molar-refractivity contribution in [1.82, 2.24) is 10.4 Å². The summed E-state index contributed by atoms with van der Waals surface area (Å²) in [5, 5.41) is 8.58. The highest BCUT2D eigenvalue weighted by Gasteiger charge is 2.26. The zero-order valence-corrected chi connectivity index (χ0v) is 10.7. The lowest BCUT2D eigenvalue weighted by Gasteiger charge is -2.31. The van der Waals surface area contributed by atoms with E-state index >= 15 is 0 Å². The minimum Gasteiger partial charge on any atom is -0.342 e. The minimum atomic E-state index is -0.352. The molecule has 19 heavy (non-hydrogen) atoms. The number of hydrogen-bond acceptors (Lipinski definition) is 3. The fraction of sp³-hybridized carbons (Fsp3) is 0.429. The number of benzene rings is 1. The Morgan fingerprint density at radius 3 is 2.42 bits per heavy atom. The Labute approximate surface area is 112 Å². The summed E-state index contributed by atoms with van der Waals surface area (Å²) in [6, 6.07) is 9.63. The van der Waals surface area contributed by atoms with Gasteiger partial charge in [-0.25, -0.2) is 5.48 Å². The molecule has 0 saturated carbocycles. The summed E-state index contributed by atoms with van der Waals surface area (Å²) in [4.78, 5) is 25.1. The second-order valence-corrected chi connectivity index (χ2v) is 4.79. The van der Waals surface area contributed by atoms with Gasteiger partial charge in [-0.3, -0.25) is 14.8 Å². The molecule has 0 atom stereocenters. The molecule has 102 valence electrons. The Morgan fingerprint density at radius 2 is 1.84 bits per heavy atom. The van der Waals surface area contributed by atoms with Crippen molar-refractivity contribution in [2.75, 3.05) is 13.1 Å². The van der Waals surface area contributed by atoms with E-state index in [0.717, 1.165) is 5.56 Å². The van der Waals surface area contributed by atoms with Gasteiger partial charge in [-0.15, -0.1) is 0 Å². The molecular formula is C14H18N2O3. The highest BCUT2D eigenvalue weighted by Crippen LogP contribution is 2.18. The molecule has 0 unspecified atom stereocenters. The molecule has 2 amide bonds. The first-order valence-corrected chi connectivity index (χ1v) is 6.46. The fourth-order valence-corrected chi connectivity index (χ4v) is 2.36. The Balaban J connectivity index is 1.84. The Bertz CT molecular complexity index is 439. The quantitative estimate of drug-likeness (QED) is 0.630. The number of carbonyl (C=O) groups excluding carboxylic acids is 2. The van der Waals surface area contributed by atoms with Crippen molar-refractivity contribution in [1.29, 1.82) is 0 Å². The van der Waals surface area contributed by atoms with Gasteiger partial charge in [-0.2, -0.15) is 0 Å². The Hall–Kier alpha value is -1.88. The molecule has 0 radical (unpaired) electrons. The van der Waals surface area contributed by atoms with Crippen molar-refractivity contribution in [3.8, 4) is 0 Å². The molecule has 1 aromatic rings. The van der Waals surface area contributed by atoms with E-state index in [1.807, 2.05) is 30.3 Å². The predicted molar refractivity (Wildman–Crippen MR) is 69.4 cm³/mol. The molecule has 0 aromatic heterocycles. The molecule has 1 aromatic carbocycles. The van der Waals surface area contributed by atoms with E-state index in [2.05, 4.69) is 0 Å².